The van der Waals surface area contributed by atoms with Gasteiger partial charge in [0.05, 0.1) is 4.47 Å². The summed E-state index contributed by atoms with van der Waals surface area (Å²) >= 11 is 3.39. The molecule has 0 spiro atoms. The van der Waals surface area contributed by atoms with Crippen LogP contribution in [0.25, 0.3) is 11.3 Å². The van der Waals surface area contributed by atoms with Crippen molar-refractivity contribution in [3.63, 3.8) is 0 Å². The van der Waals surface area contributed by atoms with Gasteiger partial charge in [-0.05, 0) is 21.8 Å². The van der Waals surface area contributed by atoms with Crippen LogP contribution in [0.2, 0.25) is 0 Å². The monoisotopic (exact) mass is 365 g/mol. The molecule has 0 aliphatic rings. The van der Waals surface area contributed by atoms with Gasteiger partial charge in [-0.2, -0.15) is 5.10 Å². The van der Waals surface area contributed by atoms with Crippen LogP contribution in [0.4, 0.5) is 0 Å². The Kier molecular flexibility index (Phi) is 5.32. The van der Waals surface area contributed by atoms with Gasteiger partial charge in [-0.3, -0.25) is 14.7 Å². The number of carboxylic acid groups (broad SMARTS) is 1. The van der Waals surface area contributed by atoms with Gasteiger partial charge in [0.15, 0.2) is 0 Å². The van der Waals surface area contributed by atoms with Crippen molar-refractivity contribution in [2.24, 2.45) is 5.92 Å². The maximum Gasteiger partial charge on any atom is 0.303 e. The molecule has 1 aromatic heterocycles. The number of halogens is 1. The summed E-state index contributed by atoms with van der Waals surface area (Å²) in [5.74, 6) is -1.34. The van der Waals surface area contributed by atoms with E-state index in [0.717, 1.165) is 5.56 Å². The highest BCUT2D eigenvalue weighted by atomic mass is 79.9. The molecule has 22 heavy (non-hydrogen) atoms. The van der Waals surface area contributed by atoms with E-state index >= 15 is 0 Å². The number of hydrogen-bond acceptors (Lipinski definition) is 3. The van der Waals surface area contributed by atoms with E-state index in [1.807, 2.05) is 30.3 Å². The number of carboxylic acids is 1. The zero-order chi connectivity index (χ0) is 16.1. The van der Waals surface area contributed by atoms with Crippen molar-refractivity contribution in [1.82, 2.24) is 15.5 Å². The van der Waals surface area contributed by atoms with E-state index in [9.17, 15) is 9.59 Å². The van der Waals surface area contributed by atoms with Crippen LogP contribution in [0.3, 0.4) is 0 Å². The van der Waals surface area contributed by atoms with Gasteiger partial charge in [0.1, 0.15) is 11.4 Å². The van der Waals surface area contributed by atoms with Crippen LogP contribution in [0.15, 0.2) is 34.8 Å². The lowest BCUT2D eigenvalue weighted by Gasteiger charge is -2.09. The molecule has 1 aromatic carbocycles. The molecular weight excluding hydrogens is 350 g/mol. The van der Waals surface area contributed by atoms with Crippen molar-refractivity contribution < 1.29 is 14.7 Å². The second kappa shape index (κ2) is 7.22. The van der Waals surface area contributed by atoms with Crippen molar-refractivity contribution in [1.29, 1.82) is 0 Å². The maximum absolute atomic E-state index is 12.1. The zero-order valence-corrected chi connectivity index (χ0v) is 13.6. The van der Waals surface area contributed by atoms with Crippen LogP contribution in [-0.4, -0.2) is 33.7 Å². The Morgan fingerprint density at radius 2 is 2.05 bits per heavy atom. The molecule has 0 fully saturated rings. The molecule has 0 saturated heterocycles. The Labute approximate surface area is 136 Å². The molecule has 7 heteroatoms. The number of aromatic nitrogens is 2. The molecule has 3 N–H and O–H groups in total. The van der Waals surface area contributed by atoms with Crippen LogP contribution >= 0.6 is 15.9 Å². The van der Waals surface area contributed by atoms with E-state index in [4.69, 9.17) is 5.11 Å². The van der Waals surface area contributed by atoms with Crippen LogP contribution < -0.4 is 5.32 Å². The molecular formula is C15H16BrN3O3. The molecule has 6 nitrogen and oxygen atoms in total. The molecule has 0 saturated carbocycles. The Balaban J connectivity index is 2.06. The summed E-state index contributed by atoms with van der Waals surface area (Å²) in [5.41, 5.74) is 1.87. The lowest BCUT2D eigenvalue weighted by Crippen LogP contribution is -2.29. The highest BCUT2D eigenvalue weighted by Gasteiger charge is 2.19. The molecule has 2 aromatic rings. The number of aliphatic carboxylic acids is 1. The molecule has 2 rings (SSSR count). The quantitative estimate of drug-likeness (QED) is 0.733. The van der Waals surface area contributed by atoms with Crippen LogP contribution in [0, 0.1) is 5.92 Å². The normalized spacial score (nSPS) is 11.9. The van der Waals surface area contributed by atoms with E-state index < -0.39 is 5.97 Å². The average molecular weight is 366 g/mol. The van der Waals surface area contributed by atoms with Gasteiger partial charge >= 0.3 is 5.97 Å². The molecule has 1 amide bonds. The Morgan fingerprint density at radius 3 is 2.68 bits per heavy atom. The number of rotatable bonds is 6. The second-order valence-corrected chi connectivity index (χ2v) is 5.83. The third kappa shape index (κ3) is 3.94. The fourth-order valence-corrected chi connectivity index (χ4v) is 2.58. The number of amides is 1. The zero-order valence-electron chi connectivity index (χ0n) is 12.0. The average Bonchev–Trinajstić information content (AvgIpc) is 2.87. The Bertz CT molecular complexity index is 670. The number of H-pyrrole nitrogens is 1. The van der Waals surface area contributed by atoms with E-state index in [0.29, 0.717) is 15.9 Å². The maximum atomic E-state index is 12.1. The fraction of sp³-hybridized carbons (Fsp3) is 0.267. The molecule has 0 aliphatic carbocycles. The number of nitrogens with one attached hydrogen (secondary N) is 2. The summed E-state index contributed by atoms with van der Waals surface area (Å²) in [4.78, 5) is 22.7. The highest BCUT2D eigenvalue weighted by Crippen LogP contribution is 2.28. The summed E-state index contributed by atoms with van der Waals surface area (Å²) in [5, 5.41) is 18.3. The van der Waals surface area contributed by atoms with E-state index in [-0.39, 0.29) is 24.8 Å². The summed E-state index contributed by atoms with van der Waals surface area (Å²) in [6, 6.07) is 9.49. The van der Waals surface area contributed by atoms with Gasteiger partial charge in [-0.15, -0.1) is 0 Å². The van der Waals surface area contributed by atoms with Crippen molar-refractivity contribution >= 4 is 27.8 Å². The summed E-state index contributed by atoms with van der Waals surface area (Å²) < 4.78 is 0.585. The number of hydrogen-bond donors (Lipinski definition) is 3. The van der Waals surface area contributed by atoms with Gasteiger partial charge in [0.25, 0.3) is 5.91 Å². The number of carbonyl (C=O) groups excluding carboxylic acids is 1. The van der Waals surface area contributed by atoms with Crippen LogP contribution in [0.1, 0.15) is 23.8 Å². The molecule has 0 radical (unpaired) electrons. The topological polar surface area (TPSA) is 95.1 Å². The van der Waals surface area contributed by atoms with Gasteiger partial charge in [-0.1, -0.05) is 37.3 Å². The summed E-state index contributed by atoms with van der Waals surface area (Å²) in [7, 11) is 0. The predicted molar refractivity (Wildman–Crippen MR) is 85.5 cm³/mol. The third-order valence-corrected chi connectivity index (χ3v) is 3.89. The highest BCUT2D eigenvalue weighted by molar-refractivity contribution is 9.10. The van der Waals surface area contributed by atoms with Gasteiger partial charge in [0, 0.05) is 18.5 Å². The van der Waals surface area contributed by atoms with Crippen molar-refractivity contribution in [3.05, 3.63) is 40.5 Å². The van der Waals surface area contributed by atoms with Gasteiger partial charge in [0.2, 0.25) is 0 Å². The number of aromatic amines is 1. The van der Waals surface area contributed by atoms with E-state index in [1.165, 1.54) is 0 Å². The molecule has 1 atom stereocenters. The van der Waals surface area contributed by atoms with Gasteiger partial charge < -0.3 is 10.4 Å². The number of nitrogens with zero attached hydrogens (tertiary/aromatic N) is 1. The Hall–Kier alpha value is -2.15. The first-order valence-electron chi connectivity index (χ1n) is 6.78. The number of benzene rings is 1. The smallest absolute Gasteiger partial charge is 0.303 e. The SMILES string of the molecule is CC(CNC(=O)c1[nH]nc(-c2ccccc2)c1Br)CC(=O)O. The van der Waals surface area contributed by atoms with Crippen molar-refractivity contribution in [3.8, 4) is 11.3 Å². The first-order valence-corrected chi connectivity index (χ1v) is 7.57. The first-order chi connectivity index (χ1) is 10.5. The fourth-order valence-electron chi connectivity index (χ4n) is 1.99. The molecule has 1 unspecified atom stereocenters. The van der Waals surface area contributed by atoms with E-state index in [1.54, 1.807) is 6.92 Å². The molecule has 1 heterocycles. The molecule has 0 aliphatic heterocycles. The molecule has 116 valence electrons. The minimum Gasteiger partial charge on any atom is -0.481 e. The van der Waals surface area contributed by atoms with Crippen LogP contribution in [0.5, 0.6) is 0 Å². The number of carbonyl (C=O) groups is 2. The van der Waals surface area contributed by atoms with Gasteiger partial charge in [-0.25, -0.2) is 0 Å². The summed E-state index contributed by atoms with van der Waals surface area (Å²) in [6.07, 6.45) is 0.0136. The van der Waals surface area contributed by atoms with Crippen LogP contribution in [-0.2, 0) is 4.79 Å². The lowest BCUT2D eigenvalue weighted by molar-refractivity contribution is -0.137. The minimum absolute atomic E-state index is 0.0136. The third-order valence-electron chi connectivity index (χ3n) is 3.12. The standard InChI is InChI=1S/C15H16BrN3O3/c1-9(7-11(20)21)8-17-15(22)14-12(16)13(18-19-14)10-5-3-2-4-6-10/h2-6,9H,7-8H2,1H3,(H,17,22)(H,18,19)(H,20,21). The summed E-state index contributed by atoms with van der Waals surface area (Å²) in [6.45, 7) is 2.06. The Morgan fingerprint density at radius 1 is 1.36 bits per heavy atom. The van der Waals surface area contributed by atoms with Crippen molar-refractivity contribution in [2.75, 3.05) is 6.54 Å². The second-order valence-electron chi connectivity index (χ2n) is 5.04. The predicted octanol–water partition coefficient (Wildman–Crippen LogP) is 2.68. The van der Waals surface area contributed by atoms with E-state index in [2.05, 4.69) is 31.4 Å². The minimum atomic E-state index is -0.879. The lowest BCUT2D eigenvalue weighted by atomic mass is 10.1. The largest absolute Gasteiger partial charge is 0.481 e. The first kappa shape index (κ1) is 16.2. The van der Waals surface area contributed by atoms with Crippen molar-refractivity contribution in [2.45, 2.75) is 13.3 Å². The molecule has 0 bridgehead atoms.